The molecule has 0 aliphatic carbocycles. The van der Waals surface area contributed by atoms with Crippen molar-refractivity contribution in [1.29, 1.82) is 0 Å². The van der Waals surface area contributed by atoms with E-state index in [-0.39, 0.29) is 50.3 Å². The van der Waals surface area contributed by atoms with E-state index in [4.69, 9.17) is 15.3 Å². The number of urea groups is 1. The zero-order chi connectivity index (χ0) is 37.9. The van der Waals surface area contributed by atoms with Crippen LogP contribution in [0.5, 0.6) is 11.8 Å². The number of rotatable bonds is 21. The number of nitrogens with zero attached hydrogens (tertiary/aromatic N) is 1. The van der Waals surface area contributed by atoms with Crippen molar-refractivity contribution in [3.63, 3.8) is 0 Å². The minimum absolute atomic E-state index is 0.0336. The number of anilines is 1. The van der Waals surface area contributed by atoms with E-state index in [9.17, 15) is 39.0 Å². The van der Waals surface area contributed by atoms with Crippen LogP contribution in [0.25, 0.3) is 0 Å². The maximum Gasteiger partial charge on any atom is 0.407 e. The van der Waals surface area contributed by atoms with Crippen LogP contribution in [0.2, 0.25) is 0 Å². The summed E-state index contributed by atoms with van der Waals surface area (Å²) >= 11 is 0. The first-order valence-corrected chi connectivity index (χ1v) is 16.9. The number of alkyl carbamates (subject to hydrolysis) is 1. The quantitative estimate of drug-likeness (QED) is 0.0876. The normalized spacial score (nSPS) is 12.0. The minimum Gasteiger partial charge on any atom is -0.492 e. The molecule has 2 atom stereocenters. The van der Waals surface area contributed by atoms with Crippen LogP contribution in [0.4, 0.5) is 15.3 Å². The Morgan fingerprint density at radius 3 is 2.00 bits per heavy atom. The SMILES string of the molecule is CC(C)NC(=O)OCc1ccc(NC(=O)C(CCCNC(N)=O)NC(=O)C(NC(=O)CCCCCCC(=O)On2c(O)ccc2O)C(C)C)cc1. The van der Waals surface area contributed by atoms with E-state index < -0.39 is 53.8 Å². The molecule has 1 aromatic heterocycles. The smallest absolute Gasteiger partial charge is 0.407 e. The van der Waals surface area contributed by atoms with Crippen molar-refractivity contribution >= 4 is 41.5 Å². The van der Waals surface area contributed by atoms with Gasteiger partial charge in [0, 0.05) is 43.2 Å². The van der Waals surface area contributed by atoms with Crippen molar-refractivity contribution < 1.29 is 48.6 Å². The second kappa shape index (κ2) is 21.6. The van der Waals surface area contributed by atoms with Crippen molar-refractivity contribution in [2.75, 3.05) is 11.9 Å². The number of aromatic hydroxyl groups is 2. The van der Waals surface area contributed by atoms with Crippen molar-refractivity contribution in [2.45, 2.75) is 104 Å². The fraction of sp³-hybridized carbons (Fsp3) is 0.529. The van der Waals surface area contributed by atoms with Gasteiger partial charge in [-0.05, 0) is 63.1 Å². The number of nitrogens with one attached hydrogen (secondary N) is 5. The molecule has 6 amide bonds. The van der Waals surface area contributed by atoms with E-state index in [1.165, 1.54) is 12.1 Å². The lowest BCUT2D eigenvalue weighted by Crippen LogP contribution is -2.54. The van der Waals surface area contributed by atoms with Crippen molar-refractivity contribution in [1.82, 2.24) is 26.0 Å². The summed E-state index contributed by atoms with van der Waals surface area (Å²) in [5, 5.41) is 32.4. The van der Waals surface area contributed by atoms with Crippen LogP contribution >= 0.6 is 0 Å². The number of benzene rings is 1. The third-order valence-corrected chi connectivity index (χ3v) is 7.39. The highest BCUT2D eigenvalue weighted by Gasteiger charge is 2.29. The Hall–Kier alpha value is -5.48. The lowest BCUT2D eigenvalue weighted by atomic mass is 10.0. The van der Waals surface area contributed by atoms with Crippen molar-refractivity contribution in [3.8, 4) is 11.8 Å². The van der Waals surface area contributed by atoms with Crippen LogP contribution in [-0.4, -0.2) is 75.4 Å². The van der Waals surface area contributed by atoms with E-state index in [0.29, 0.717) is 48.1 Å². The molecule has 17 heteroatoms. The number of unbranched alkanes of at least 4 members (excludes halogenated alkanes) is 3. The minimum atomic E-state index is -1.01. The number of primary amides is 1. The van der Waals surface area contributed by atoms with Gasteiger partial charge < -0.3 is 52.1 Å². The molecule has 0 spiro atoms. The average Bonchev–Trinajstić information content (AvgIpc) is 3.37. The lowest BCUT2D eigenvalue weighted by Gasteiger charge is -2.25. The van der Waals surface area contributed by atoms with Crippen LogP contribution < -0.4 is 37.2 Å². The van der Waals surface area contributed by atoms with Crippen LogP contribution in [0.1, 0.15) is 84.6 Å². The fourth-order valence-corrected chi connectivity index (χ4v) is 4.72. The van der Waals surface area contributed by atoms with E-state index in [0.717, 1.165) is 0 Å². The monoisotopic (exact) mass is 717 g/mol. The second-order valence-electron chi connectivity index (χ2n) is 12.6. The Morgan fingerprint density at radius 2 is 1.41 bits per heavy atom. The van der Waals surface area contributed by atoms with E-state index in [2.05, 4.69) is 26.6 Å². The first-order chi connectivity index (χ1) is 24.2. The number of aromatic nitrogens is 1. The molecule has 0 fully saturated rings. The largest absolute Gasteiger partial charge is 0.492 e. The van der Waals surface area contributed by atoms with Gasteiger partial charge in [0.1, 0.15) is 18.7 Å². The van der Waals surface area contributed by atoms with Gasteiger partial charge in [-0.25, -0.2) is 14.4 Å². The Bertz CT molecular complexity index is 1440. The number of carbonyl (C=O) groups is 6. The first-order valence-electron chi connectivity index (χ1n) is 16.9. The van der Waals surface area contributed by atoms with Gasteiger partial charge in [0.15, 0.2) is 0 Å². The first kappa shape index (κ1) is 41.7. The molecule has 0 bridgehead atoms. The summed E-state index contributed by atoms with van der Waals surface area (Å²) in [5.74, 6) is -3.17. The zero-order valence-corrected chi connectivity index (χ0v) is 29.5. The molecule has 0 radical (unpaired) electrons. The van der Waals surface area contributed by atoms with Crippen LogP contribution in [0.3, 0.4) is 0 Å². The molecule has 9 N–H and O–H groups in total. The summed E-state index contributed by atoms with van der Waals surface area (Å²) in [6, 6.07) is 6.28. The molecule has 2 unspecified atom stereocenters. The van der Waals surface area contributed by atoms with Gasteiger partial charge in [0.2, 0.25) is 29.5 Å². The number of carbonyl (C=O) groups excluding carboxylic acids is 6. The molecule has 0 saturated carbocycles. The molecule has 17 nitrogen and oxygen atoms in total. The lowest BCUT2D eigenvalue weighted by molar-refractivity contribution is -0.145. The van der Waals surface area contributed by atoms with Crippen molar-refractivity contribution in [3.05, 3.63) is 42.0 Å². The Balaban J connectivity index is 1.88. The standard InChI is InChI=1S/C34H51N7O10/c1-21(2)30(40-26(42)11-7-5-6-8-12-29(45)51-41-27(43)17-18-28(41)44)32(47)39-25(10-9-19-36-33(35)48)31(46)38-24-15-13-23(14-16-24)20-50-34(49)37-22(3)4/h13-18,21-22,25,30,43-44H,5-12,19-20H2,1-4H3,(H,37,49)(H,38,46)(H,39,47)(H,40,42)(H3,35,36,48). The molecule has 1 heterocycles. The highest BCUT2D eigenvalue weighted by atomic mass is 16.7. The summed E-state index contributed by atoms with van der Waals surface area (Å²) in [4.78, 5) is 79.2. The topological polar surface area (TPSA) is 252 Å². The Kier molecular flexibility index (Phi) is 17.6. The average molecular weight is 718 g/mol. The maximum absolute atomic E-state index is 13.4. The Labute approximate surface area is 296 Å². The molecule has 51 heavy (non-hydrogen) atoms. The summed E-state index contributed by atoms with van der Waals surface area (Å²) < 4.78 is 5.79. The summed E-state index contributed by atoms with van der Waals surface area (Å²) in [5.41, 5.74) is 6.28. The maximum atomic E-state index is 13.4. The van der Waals surface area contributed by atoms with Gasteiger partial charge >= 0.3 is 18.1 Å². The molecule has 0 saturated heterocycles. The van der Waals surface area contributed by atoms with Gasteiger partial charge in [-0.15, -0.1) is 4.73 Å². The van der Waals surface area contributed by atoms with Gasteiger partial charge in [-0.3, -0.25) is 14.4 Å². The molecule has 282 valence electrons. The highest BCUT2D eigenvalue weighted by Crippen LogP contribution is 2.19. The van der Waals surface area contributed by atoms with Gasteiger partial charge in [-0.1, -0.05) is 38.8 Å². The van der Waals surface area contributed by atoms with E-state index in [1.54, 1.807) is 38.1 Å². The molecule has 0 aliphatic heterocycles. The van der Waals surface area contributed by atoms with Gasteiger partial charge in [0.05, 0.1) is 0 Å². The third kappa shape index (κ3) is 16.2. The number of amides is 6. The van der Waals surface area contributed by atoms with E-state index >= 15 is 0 Å². The molecule has 2 aromatic rings. The van der Waals surface area contributed by atoms with Gasteiger partial charge in [-0.2, -0.15) is 0 Å². The number of hydrogen-bond acceptors (Lipinski definition) is 10. The Morgan fingerprint density at radius 1 is 0.784 bits per heavy atom. The summed E-state index contributed by atoms with van der Waals surface area (Å²) in [7, 11) is 0. The molecule has 1 aromatic carbocycles. The zero-order valence-electron chi connectivity index (χ0n) is 29.5. The van der Waals surface area contributed by atoms with Crippen LogP contribution in [0, 0.1) is 5.92 Å². The predicted octanol–water partition coefficient (Wildman–Crippen LogP) is 2.54. The third-order valence-electron chi connectivity index (χ3n) is 7.39. The molecule has 0 aliphatic rings. The van der Waals surface area contributed by atoms with Crippen molar-refractivity contribution in [2.24, 2.45) is 11.7 Å². The highest BCUT2D eigenvalue weighted by molar-refractivity contribution is 5.98. The molecule has 2 rings (SSSR count). The van der Waals surface area contributed by atoms with Crippen LogP contribution in [-0.2, 0) is 30.5 Å². The predicted molar refractivity (Wildman–Crippen MR) is 186 cm³/mol. The number of hydrogen-bond donors (Lipinski definition) is 8. The number of nitrogens with two attached hydrogens (primary N) is 1. The number of ether oxygens (including phenoxy) is 1. The summed E-state index contributed by atoms with van der Waals surface area (Å²) in [6.45, 7) is 7.37. The van der Waals surface area contributed by atoms with E-state index in [1.807, 2.05) is 13.8 Å². The van der Waals surface area contributed by atoms with Crippen LogP contribution in [0.15, 0.2) is 36.4 Å². The van der Waals surface area contributed by atoms with Gasteiger partial charge in [0.25, 0.3) is 0 Å². The fourth-order valence-electron chi connectivity index (χ4n) is 4.72. The molecular formula is C34H51N7O10. The molecular weight excluding hydrogens is 666 g/mol. The summed E-state index contributed by atoms with van der Waals surface area (Å²) in [6.07, 6.45) is 2.34. The second-order valence-corrected chi connectivity index (χ2v) is 12.6.